The first-order chi connectivity index (χ1) is 10.2. The van der Waals surface area contributed by atoms with Crippen LogP contribution in [-0.4, -0.2) is 20.7 Å². The zero-order valence-corrected chi connectivity index (χ0v) is 11.6. The van der Waals surface area contributed by atoms with Crippen LogP contribution in [0.2, 0.25) is 0 Å². The summed E-state index contributed by atoms with van der Waals surface area (Å²) in [5.74, 6) is -0.611. The molecule has 2 heterocycles. The van der Waals surface area contributed by atoms with Crippen LogP contribution >= 0.6 is 0 Å². The third kappa shape index (κ3) is 2.51. The fourth-order valence-corrected chi connectivity index (χ4v) is 2.34. The quantitative estimate of drug-likeness (QED) is 0.572. The minimum absolute atomic E-state index is 0.190. The molecule has 1 amide bonds. The number of carbonyl (C=O) groups excluding carboxylic acids is 1. The van der Waals surface area contributed by atoms with Crippen molar-refractivity contribution in [2.75, 3.05) is 0 Å². The van der Waals surface area contributed by atoms with Crippen LogP contribution < -0.4 is 5.48 Å². The molecular weight excluding hydrogens is 266 g/mol. The monoisotopic (exact) mass is 281 g/mol. The molecule has 0 aliphatic carbocycles. The number of pyridine rings is 1. The van der Waals surface area contributed by atoms with Crippen molar-refractivity contribution in [3.05, 3.63) is 65.5 Å². The highest BCUT2D eigenvalue weighted by atomic mass is 16.5. The fourth-order valence-electron chi connectivity index (χ4n) is 2.34. The molecule has 0 spiro atoms. The van der Waals surface area contributed by atoms with Crippen LogP contribution in [0.5, 0.6) is 0 Å². The van der Waals surface area contributed by atoms with Gasteiger partial charge in [-0.2, -0.15) is 0 Å². The second-order valence-electron chi connectivity index (χ2n) is 4.92. The number of rotatable bonds is 3. The number of benzene rings is 1. The van der Waals surface area contributed by atoms with E-state index in [4.69, 9.17) is 5.21 Å². The molecule has 2 N–H and O–H groups in total. The number of fused-ring (bicyclic) bond motifs is 1. The molecule has 0 saturated carbocycles. The first kappa shape index (κ1) is 13.3. The number of hydrogen-bond acceptors (Lipinski definition) is 3. The Labute approximate surface area is 121 Å². The summed E-state index contributed by atoms with van der Waals surface area (Å²) in [7, 11) is 0. The standard InChI is InChI=1S/C16H15N3O2/c1-11-4-2-3-5-13(11)10-19-9-8-12-6-7-14(16(20)18-21)17-15(12)19/h2-9,21H,10H2,1H3,(H,18,20). The molecule has 21 heavy (non-hydrogen) atoms. The molecular formula is C16H15N3O2. The molecule has 5 heteroatoms. The van der Waals surface area contributed by atoms with Gasteiger partial charge in [-0.1, -0.05) is 24.3 Å². The highest BCUT2D eigenvalue weighted by Gasteiger charge is 2.10. The number of nitrogens with one attached hydrogen (secondary N) is 1. The van der Waals surface area contributed by atoms with Crippen molar-refractivity contribution in [3.8, 4) is 0 Å². The molecule has 0 radical (unpaired) electrons. The smallest absolute Gasteiger partial charge is 0.293 e. The van der Waals surface area contributed by atoms with E-state index < -0.39 is 5.91 Å². The number of carbonyl (C=O) groups is 1. The van der Waals surface area contributed by atoms with Gasteiger partial charge in [-0.15, -0.1) is 0 Å². The predicted molar refractivity (Wildman–Crippen MR) is 79.3 cm³/mol. The van der Waals surface area contributed by atoms with Gasteiger partial charge in [-0.05, 0) is 36.2 Å². The van der Waals surface area contributed by atoms with E-state index in [-0.39, 0.29) is 5.69 Å². The van der Waals surface area contributed by atoms with E-state index in [1.165, 1.54) is 11.1 Å². The van der Waals surface area contributed by atoms with E-state index in [1.54, 1.807) is 11.5 Å². The summed E-state index contributed by atoms with van der Waals surface area (Å²) in [6, 6.07) is 13.5. The first-order valence-electron chi connectivity index (χ1n) is 6.64. The Balaban J connectivity index is 2.03. The van der Waals surface area contributed by atoms with Crippen molar-refractivity contribution in [1.82, 2.24) is 15.0 Å². The van der Waals surface area contributed by atoms with Gasteiger partial charge in [0.15, 0.2) is 0 Å². The number of aromatic nitrogens is 2. The third-order valence-corrected chi connectivity index (χ3v) is 3.55. The molecule has 0 saturated heterocycles. The second kappa shape index (κ2) is 5.38. The van der Waals surface area contributed by atoms with Gasteiger partial charge in [-0.25, -0.2) is 10.5 Å². The molecule has 3 rings (SSSR count). The molecule has 0 unspecified atom stereocenters. The van der Waals surface area contributed by atoms with Crippen LogP contribution in [0, 0.1) is 6.92 Å². The molecule has 106 valence electrons. The number of hydrogen-bond donors (Lipinski definition) is 2. The lowest BCUT2D eigenvalue weighted by molar-refractivity contribution is 0.0701. The summed E-state index contributed by atoms with van der Waals surface area (Å²) in [6.45, 7) is 2.76. The second-order valence-corrected chi connectivity index (χ2v) is 4.92. The Bertz CT molecular complexity index is 808. The molecule has 5 nitrogen and oxygen atoms in total. The highest BCUT2D eigenvalue weighted by molar-refractivity contribution is 5.93. The average molecular weight is 281 g/mol. The molecule has 0 bridgehead atoms. The lowest BCUT2D eigenvalue weighted by atomic mass is 10.1. The summed E-state index contributed by atoms with van der Waals surface area (Å²) in [5.41, 5.74) is 4.93. The number of amides is 1. The summed E-state index contributed by atoms with van der Waals surface area (Å²) < 4.78 is 1.99. The zero-order valence-electron chi connectivity index (χ0n) is 11.6. The summed E-state index contributed by atoms with van der Waals surface area (Å²) in [6.07, 6.45) is 1.95. The molecule has 3 aromatic rings. The maximum absolute atomic E-state index is 11.5. The van der Waals surface area contributed by atoms with Gasteiger partial charge in [0, 0.05) is 18.1 Å². The predicted octanol–water partition coefficient (Wildman–Crippen LogP) is 2.51. The Kier molecular flexibility index (Phi) is 3.41. The highest BCUT2D eigenvalue weighted by Crippen LogP contribution is 2.17. The Morgan fingerprint density at radius 3 is 2.81 bits per heavy atom. The van der Waals surface area contributed by atoms with Crippen molar-refractivity contribution in [3.63, 3.8) is 0 Å². The topological polar surface area (TPSA) is 67.2 Å². The van der Waals surface area contributed by atoms with Crippen molar-refractivity contribution < 1.29 is 10.0 Å². The third-order valence-electron chi connectivity index (χ3n) is 3.55. The van der Waals surface area contributed by atoms with Crippen molar-refractivity contribution in [2.24, 2.45) is 0 Å². The number of nitrogens with zero attached hydrogens (tertiary/aromatic N) is 2. The minimum atomic E-state index is -0.611. The van der Waals surface area contributed by atoms with E-state index in [0.717, 1.165) is 11.0 Å². The lowest BCUT2D eigenvalue weighted by Gasteiger charge is -2.08. The first-order valence-corrected chi connectivity index (χ1v) is 6.64. The Morgan fingerprint density at radius 2 is 2.05 bits per heavy atom. The van der Waals surface area contributed by atoms with Gasteiger partial charge in [0.2, 0.25) is 0 Å². The minimum Gasteiger partial charge on any atom is -0.328 e. The van der Waals surface area contributed by atoms with Gasteiger partial charge in [0.1, 0.15) is 11.3 Å². The van der Waals surface area contributed by atoms with Gasteiger partial charge >= 0.3 is 0 Å². The van der Waals surface area contributed by atoms with Crippen LogP contribution in [0.1, 0.15) is 21.6 Å². The van der Waals surface area contributed by atoms with Crippen molar-refractivity contribution in [2.45, 2.75) is 13.5 Å². The molecule has 0 aliphatic rings. The fraction of sp³-hybridized carbons (Fsp3) is 0.125. The Morgan fingerprint density at radius 1 is 1.24 bits per heavy atom. The van der Waals surface area contributed by atoms with E-state index >= 15 is 0 Å². The lowest BCUT2D eigenvalue weighted by Crippen LogP contribution is -2.20. The van der Waals surface area contributed by atoms with Gasteiger partial charge < -0.3 is 4.57 Å². The Hall–Kier alpha value is -2.66. The summed E-state index contributed by atoms with van der Waals surface area (Å²) in [5, 5.41) is 9.66. The summed E-state index contributed by atoms with van der Waals surface area (Å²) in [4.78, 5) is 15.8. The van der Waals surface area contributed by atoms with E-state index in [1.807, 2.05) is 35.0 Å². The zero-order chi connectivity index (χ0) is 14.8. The molecule has 0 fully saturated rings. The average Bonchev–Trinajstić information content (AvgIpc) is 2.91. The van der Waals surface area contributed by atoms with Gasteiger partial charge in [0.25, 0.3) is 5.91 Å². The maximum atomic E-state index is 11.5. The molecule has 2 aromatic heterocycles. The van der Waals surface area contributed by atoms with Crippen molar-refractivity contribution >= 4 is 16.9 Å². The van der Waals surface area contributed by atoms with Gasteiger partial charge in [0.05, 0.1) is 0 Å². The largest absolute Gasteiger partial charge is 0.328 e. The number of hydroxylamine groups is 1. The van der Waals surface area contributed by atoms with Crippen LogP contribution in [0.15, 0.2) is 48.7 Å². The molecule has 0 atom stereocenters. The van der Waals surface area contributed by atoms with Crippen molar-refractivity contribution in [1.29, 1.82) is 0 Å². The normalized spacial score (nSPS) is 10.8. The van der Waals surface area contributed by atoms with Crippen LogP contribution in [0.25, 0.3) is 11.0 Å². The van der Waals surface area contributed by atoms with E-state index in [2.05, 4.69) is 24.0 Å². The van der Waals surface area contributed by atoms with Crippen LogP contribution in [0.4, 0.5) is 0 Å². The van der Waals surface area contributed by atoms with Gasteiger partial charge in [-0.3, -0.25) is 10.0 Å². The summed E-state index contributed by atoms with van der Waals surface area (Å²) >= 11 is 0. The maximum Gasteiger partial charge on any atom is 0.293 e. The van der Waals surface area contributed by atoms with E-state index in [0.29, 0.717) is 6.54 Å². The van der Waals surface area contributed by atoms with E-state index in [9.17, 15) is 4.79 Å². The number of aryl methyl sites for hydroxylation is 1. The van der Waals surface area contributed by atoms with Crippen LogP contribution in [-0.2, 0) is 6.54 Å². The SMILES string of the molecule is Cc1ccccc1Cn1ccc2ccc(C(=O)NO)nc21. The van der Waals surface area contributed by atoms with Crippen LogP contribution in [0.3, 0.4) is 0 Å². The molecule has 0 aliphatic heterocycles. The molecule has 1 aromatic carbocycles.